The first-order chi connectivity index (χ1) is 14.0. The lowest BCUT2D eigenvalue weighted by molar-refractivity contribution is -0.125. The Morgan fingerprint density at radius 3 is 2.87 bits per heavy atom. The Balaban J connectivity index is 0.00000256. The molecule has 0 atom stereocenters. The summed E-state index contributed by atoms with van der Waals surface area (Å²) in [6.07, 6.45) is 5.28. The van der Waals surface area contributed by atoms with Crippen LogP contribution < -0.4 is 5.32 Å². The van der Waals surface area contributed by atoms with E-state index in [0.29, 0.717) is 6.54 Å². The molecule has 1 aliphatic heterocycles. The number of carbonyl (C=O) groups excluding carboxylic acids is 1. The fourth-order valence-electron chi connectivity index (χ4n) is 3.75. The number of anilines is 1. The lowest BCUT2D eigenvalue weighted by Gasteiger charge is -2.16. The minimum Gasteiger partial charge on any atom is -0.369 e. The summed E-state index contributed by atoms with van der Waals surface area (Å²) in [5.74, 6) is 0.908. The number of hydrogen-bond acceptors (Lipinski definition) is 4. The van der Waals surface area contributed by atoms with Crippen molar-refractivity contribution in [3.05, 3.63) is 65.5 Å². The van der Waals surface area contributed by atoms with Gasteiger partial charge < -0.3 is 19.7 Å². The Morgan fingerprint density at radius 2 is 2.07 bits per heavy atom. The molecule has 0 aliphatic carbocycles. The van der Waals surface area contributed by atoms with E-state index in [-0.39, 0.29) is 13.3 Å². The number of aryl methyl sites for hydroxylation is 1. The highest BCUT2D eigenvalue weighted by Gasteiger charge is 2.13. The van der Waals surface area contributed by atoms with Gasteiger partial charge in [0.25, 0.3) is 0 Å². The fraction of sp³-hybridized carbons (Fsp3) is 0.333. The van der Waals surface area contributed by atoms with Gasteiger partial charge in [-0.15, -0.1) is 0 Å². The minimum atomic E-state index is -0.0274. The van der Waals surface area contributed by atoms with E-state index in [1.807, 2.05) is 38.5 Å². The zero-order valence-electron chi connectivity index (χ0n) is 17.2. The van der Waals surface area contributed by atoms with Crippen molar-refractivity contribution in [1.29, 1.82) is 0 Å². The number of nitrogens with zero attached hydrogens (tertiary/aromatic N) is 4. The topological polar surface area (TPSA) is 53.4 Å². The van der Waals surface area contributed by atoms with Crippen LogP contribution in [0.25, 0.3) is 17.0 Å². The summed E-state index contributed by atoms with van der Waals surface area (Å²) in [4.78, 5) is 21.1. The monoisotopic (exact) mass is 405 g/mol. The summed E-state index contributed by atoms with van der Waals surface area (Å²) in [5, 5.41) is 4.55. The zero-order valence-corrected chi connectivity index (χ0v) is 17.2. The van der Waals surface area contributed by atoms with E-state index < -0.39 is 0 Å². The van der Waals surface area contributed by atoms with Gasteiger partial charge in [-0.25, -0.2) is 4.98 Å². The quantitative estimate of drug-likeness (QED) is 0.672. The van der Waals surface area contributed by atoms with Gasteiger partial charge in [-0.1, -0.05) is 25.6 Å². The molecule has 6 nitrogen and oxygen atoms in total. The number of likely N-dealkylation sites (N-methyl/N-ethyl adjacent to an activating group) is 2. The van der Waals surface area contributed by atoms with Crippen molar-refractivity contribution >= 4 is 28.7 Å². The molecular weight excluding hydrogens is 374 g/mol. The molecule has 1 amide bonds. The number of para-hydroxylation sites is 1. The molecule has 1 N–H and O–H groups in total. The normalized spacial score (nSPS) is 14.1. The van der Waals surface area contributed by atoms with Crippen molar-refractivity contribution < 1.29 is 4.79 Å². The molecule has 3 heterocycles. The van der Waals surface area contributed by atoms with Crippen molar-refractivity contribution in [3.8, 4) is 0 Å². The highest BCUT2D eigenvalue weighted by atomic mass is 16.2. The van der Waals surface area contributed by atoms with Crippen LogP contribution in [0, 0.1) is 0 Å². The molecule has 0 fully saturated rings. The molecule has 1 aromatic carbocycles. The lowest BCUT2D eigenvalue weighted by atomic mass is 10.1. The summed E-state index contributed by atoms with van der Waals surface area (Å²) in [7, 11) is 5.97. The van der Waals surface area contributed by atoms with Crippen molar-refractivity contribution in [1.82, 2.24) is 19.4 Å². The van der Waals surface area contributed by atoms with Crippen LogP contribution in [0.5, 0.6) is 0 Å². The summed E-state index contributed by atoms with van der Waals surface area (Å²) >= 11 is 0. The van der Waals surface area contributed by atoms with Crippen molar-refractivity contribution in [2.24, 2.45) is 7.05 Å². The maximum Gasteiger partial charge on any atom is 0.246 e. The van der Waals surface area contributed by atoms with Crippen LogP contribution in [-0.2, 0) is 24.9 Å². The van der Waals surface area contributed by atoms with Gasteiger partial charge in [-0.3, -0.25) is 4.79 Å². The Kier molecular flexibility index (Phi) is 6.57. The zero-order chi connectivity index (χ0) is 20.4. The first-order valence-corrected chi connectivity index (χ1v) is 9.89. The molecule has 2 aromatic heterocycles. The lowest BCUT2D eigenvalue weighted by Crippen LogP contribution is -2.25. The van der Waals surface area contributed by atoms with E-state index >= 15 is 0 Å². The first kappa shape index (κ1) is 21.6. The third-order valence-corrected chi connectivity index (χ3v) is 5.46. The number of hydrogen-bond donors (Lipinski definition) is 1. The van der Waals surface area contributed by atoms with Gasteiger partial charge in [0.15, 0.2) is 0 Å². The number of fused-ring (bicyclic) bond motifs is 2. The van der Waals surface area contributed by atoms with E-state index in [1.54, 1.807) is 11.0 Å². The summed E-state index contributed by atoms with van der Waals surface area (Å²) in [6, 6.07) is 12.5. The highest BCUT2D eigenvalue weighted by Crippen LogP contribution is 2.20. The fourth-order valence-corrected chi connectivity index (χ4v) is 3.75. The number of pyridine rings is 1. The largest absolute Gasteiger partial charge is 0.369 e. The molecule has 6 heteroatoms. The molecule has 158 valence electrons. The van der Waals surface area contributed by atoms with Crippen LogP contribution in [0.1, 0.15) is 24.2 Å². The van der Waals surface area contributed by atoms with Crippen LogP contribution in [0.2, 0.25) is 0 Å². The number of carbonyl (C=O) groups is 1. The second kappa shape index (κ2) is 9.13. The molecule has 0 spiro atoms. The second-order valence-corrected chi connectivity index (χ2v) is 7.72. The molecule has 0 bridgehead atoms. The highest BCUT2D eigenvalue weighted by molar-refractivity contribution is 5.91. The average Bonchev–Trinajstić information content (AvgIpc) is 2.90. The molecule has 0 saturated carbocycles. The van der Waals surface area contributed by atoms with Crippen molar-refractivity contribution in [2.45, 2.75) is 20.5 Å². The van der Waals surface area contributed by atoms with Crippen LogP contribution in [0.3, 0.4) is 0 Å². The van der Waals surface area contributed by atoms with E-state index in [4.69, 9.17) is 0 Å². The maximum atomic E-state index is 12.6. The van der Waals surface area contributed by atoms with Gasteiger partial charge in [0.2, 0.25) is 5.91 Å². The summed E-state index contributed by atoms with van der Waals surface area (Å²) in [5.41, 5.74) is 4.38. The molecule has 4 rings (SSSR count). The van der Waals surface area contributed by atoms with Crippen LogP contribution in [0.4, 0.5) is 5.82 Å². The number of amides is 1. The van der Waals surface area contributed by atoms with Gasteiger partial charge in [-0.05, 0) is 42.3 Å². The Hall–Kier alpha value is -3.12. The number of aromatic nitrogens is 2. The standard InChI is InChI=1S/C23H27N5O.CH4/c1-26-11-10-24-23-19(15-26)12-17(14-25-23)8-9-22(29)27(2)16-20-13-18-6-4-5-7-21(18)28(20)3;/h4-9,12-14H,10-11,15-16H2,1-3H3,(H,24,25);1H4/b9-8+;. The molecule has 0 radical (unpaired) electrons. The van der Waals surface area contributed by atoms with Gasteiger partial charge in [0.1, 0.15) is 5.82 Å². The maximum absolute atomic E-state index is 12.6. The van der Waals surface area contributed by atoms with Crippen molar-refractivity contribution in [3.63, 3.8) is 0 Å². The van der Waals surface area contributed by atoms with Gasteiger partial charge in [0.05, 0.1) is 6.54 Å². The Morgan fingerprint density at radius 1 is 1.27 bits per heavy atom. The van der Waals surface area contributed by atoms with E-state index in [0.717, 1.165) is 42.3 Å². The van der Waals surface area contributed by atoms with Gasteiger partial charge >= 0.3 is 0 Å². The SMILES string of the molecule is C.CN1CCNc2ncc(/C=C/C(=O)N(C)Cc3cc4ccccc4n3C)cc2C1. The van der Waals surface area contributed by atoms with Crippen molar-refractivity contribution in [2.75, 3.05) is 32.5 Å². The number of benzene rings is 1. The Bertz CT molecular complexity index is 1070. The average molecular weight is 406 g/mol. The van der Waals surface area contributed by atoms with Crippen LogP contribution >= 0.6 is 0 Å². The Labute approximate surface area is 178 Å². The van der Waals surface area contributed by atoms with E-state index in [9.17, 15) is 4.79 Å². The molecule has 0 saturated heterocycles. The predicted octanol–water partition coefficient (Wildman–Crippen LogP) is 3.74. The summed E-state index contributed by atoms with van der Waals surface area (Å²) < 4.78 is 2.14. The molecule has 0 unspecified atom stereocenters. The van der Waals surface area contributed by atoms with E-state index in [1.165, 1.54) is 10.9 Å². The molecular formula is C24H31N5O. The number of nitrogens with one attached hydrogen (secondary N) is 1. The third kappa shape index (κ3) is 4.54. The summed E-state index contributed by atoms with van der Waals surface area (Å²) in [6.45, 7) is 3.29. The minimum absolute atomic E-state index is 0. The molecule has 30 heavy (non-hydrogen) atoms. The predicted molar refractivity (Wildman–Crippen MR) is 124 cm³/mol. The smallest absolute Gasteiger partial charge is 0.246 e. The van der Waals surface area contributed by atoms with Gasteiger partial charge in [-0.2, -0.15) is 0 Å². The van der Waals surface area contributed by atoms with Crippen LogP contribution in [-0.4, -0.2) is 52.4 Å². The molecule has 1 aliphatic rings. The molecule has 3 aromatic rings. The second-order valence-electron chi connectivity index (χ2n) is 7.72. The van der Waals surface area contributed by atoms with E-state index in [2.05, 4.69) is 51.1 Å². The number of rotatable bonds is 4. The first-order valence-electron chi connectivity index (χ1n) is 9.89. The van der Waals surface area contributed by atoms with Crippen LogP contribution in [0.15, 0.2) is 48.7 Å². The third-order valence-electron chi connectivity index (χ3n) is 5.46. The van der Waals surface area contributed by atoms with Gasteiger partial charge in [0, 0.05) is 62.8 Å².